The zero-order valence-electron chi connectivity index (χ0n) is 23.1. The number of aliphatic hydroxyl groups is 8. The van der Waals surface area contributed by atoms with Crippen LogP contribution in [0.1, 0.15) is 23.3 Å². The van der Waals surface area contributed by atoms with Crippen LogP contribution in [0.5, 0.6) is 34.5 Å². The number of fused-ring (bicyclic) bond motifs is 1. The highest BCUT2D eigenvalue weighted by Gasteiger charge is 2.52. The maximum atomic E-state index is 11.3. The Morgan fingerprint density at radius 3 is 1.80 bits per heavy atom. The van der Waals surface area contributed by atoms with Gasteiger partial charge in [0.05, 0.1) is 18.8 Å². The number of hydrogen-bond donors (Lipinski definition) is 13. The first kappa shape index (κ1) is 33.1. The number of phenolic OH excluding ortho intramolecular Hbond substituents is 5. The van der Waals surface area contributed by atoms with E-state index in [4.69, 9.17) is 23.7 Å². The fourth-order valence-corrected chi connectivity index (χ4v) is 5.53. The van der Waals surface area contributed by atoms with E-state index in [-0.39, 0.29) is 16.9 Å². The Balaban J connectivity index is 1.42. The van der Waals surface area contributed by atoms with Crippen LogP contribution in [0.15, 0.2) is 24.3 Å². The molecule has 5 rings (SSSR count). The quantitative estimate of drug-likeness (QED) is 0.129. The second kappa shape index (κ2) is 12.9. The van der Waals surface area contributed by atoms with Crippen LogP contribution >= 0.6 is 0 Å². The average Bonchev–Trinajstić information content (AvgIpc) is 3.00. The third-order valence-electron chi connectivity index (χ3n) is 7.93. The van der Waals surface area contributed by atoms with Crippen molar-refractivity contribution in [3.8, 4) is 34.5 Å². The molecule has 2 fully saturated rings. The van der Waals surface area contributed by atoms with E-state index < -0.39 is 122 Å². The molecule has 0 amide bonds. The number of aliphatic hydroxyl groups excluding tert-OH is 8. The van der Waals surface area contributed by atoms with E-state index in [1.807, 2.05) is 0 Å². The van der Waals surface area contributed by atoms with Crippen molar-refractivity contribution in [2.24, 2.45) is 0 Å². The van der Waals surface area contributed by atoms with Gasteiger partial charge in [-0.1, -0.05) is 0 Å². The van der Waals surface area contributed by atoms with Gasteiger partial charge < -0.3 is 90.1 Å². The first-order chi connectivity index (χ1) is 21.3. The van der Waals surface area contributed by atoms with E-state index in [9.17, 15) is 66.4 Å². The summed E-state index contributed by atoms with van der Waals surface area (Å²) in [7, 11) is 0. The van der Waals surface area contributed by atoms with E-state index in [2.05, 4.69) is 0 Å². The highest BCUT2D eigenvalue weighted by molar-refractivity contribution is 5.55. The molecule has 18 nitrogen and oxygen atoms in total. The molecule has 0 spiro atoms. The minimum Gasteiger partial charge on any atom is -0.508 e. The zero-order valence-corrected chi connectivity index (χ0v) is 23.1. The lowest BCUT2D eigenvalue weighted by molar-refractivity contribution is -0.366. The number of benzene rings is 2. The Morgan fingerprint density at radius 2 is 1.18 bits per heavy atom. The lowest BCUT2D eigenvalue weighted by Crippen LogP contribution is -2.64. The summed E-state index contributed by atoms with van der Waals surface area (Å²) in [4.78, 5) is 0. The molecule has 18 heteroatoms. The molecule has 3 heterocycles. The van der Waals surface area contributed by atoms with E-state index in [1.165, 1.54) is 0 Å². The summed E-state index contributed by atoms with van der Waals surface area (Å²) in [5, 5.41) is 134. The topological polar surface area (TPSA) is 309 Å². The van der Waals surface area contributed by atoms with Crippen molar-refractivity contribution in [2.75, 3.05) is 13.2 Å². The number of ether oxygens (including phenoxy) is 5. The highest BCUT2D eigenvalue weighted by Crippen LogP contribution is 2.50. The maximum absolute atomic E-state index is 11.3. The largest absolute Gasteiger partial charge is 0.508 e. The van der Waals surface area contributed by atoms with Crippen molar-refractivity contribution < 1.29 is 90.1 Å². The van der Waals surface area contributed by atoms with Gasteiger partial charge in [0.2, 0.25) is 0 Å². The second-order valence-corrected chi connectivity index (χ2v) is 10.9. The minimum atomic E-state index is -2.01. The van der Waals surface area contributed by atoms with Gasteiger partial charge in [-0.2, -0.15) is 0 Å². The van der Waals surface area contributed by atoms with E-state index in [1.54, 1.807) is 0 Å². The molecule has 13 atom stereocenters. The van der Waals surface area contributed by atoms with Crippen molar-refractivity contribution >= 4 is 0 Å². The normalized spacial score (nSPS) is 38.4. The van der Waals surface area contributed by atoms with Gasteiger partial charge >= 0.3 is 0 Å². The van der Waals surface area contributed by atoms with Crippen LogP contribution in [-0.4, -0.2) is 147 Å². The number of aromatic hydroxyl groups is 5. The average molecular weight is 647 g/mol. The van der Waals surface area contributed by atoms with Gasteiger partial charge in [0.1, 0.15) is 78.3 Å². The minimum absolute atomic E-state index is 0.0937. The summed E-state index contributed by atoms with van der Waals surface area (Å²) in [6.45, 7) is -1.66. The first-order valence-corrected chi connectivity index (χ1v) is 13.7. The fourth-order valence-electron chi connectivity index (χ4n) is 5.53. The highest BCUT2D eigenvalue weighted by atomic mass is 16.7. The fraction of sp³-hybridized carbons (Fsp3) is 0.556. The molecule has 0 saturated carbocycles. The molecule has 3 aliphatic rings. The third kappa shape index (κ3) is 6.03. The van der Waals surface area contributed by atoms with Crippen LogP contribution in [0.3, 0.4) is 0 Å². The summed E-state index contributed by atoms with van der Waals surface area (Å²) in [5.41, 5.74) is -0.335. The number of rotatable bonds is 7. The first-order valence-electron chi connectivity index (χ1n) is 13.7. The standard InChI is InChI=1S/C27H34O18/c28-5-13-17(35)18(36)20(38)26(42-13)44-24-14(6-29)43-27(21(39)19(24)37)45-25-15-9(31)3-8(30)4-12(15)41-23(22(25)40)7-1-10(32)16(34)11(33)2-7/h1-4,13-14,17-40H,5-6H2. The molecule has 0 aromatic heterocycles. The number of hydrogen-bond acceptors (Lipinski definition) is 18. The summed E-state index contributed by atoms with van der Waals surface area (Å²) < 4.78 is 28.0. The Morgan fingerprint density at radius 1 is 0.600 bits per heavy atom. The van der Waals surface area contributed by atoms with Gasteiger partial charge in [0.15, 0.2) is 35.9 Å². The molecule has 250 valence electrons. The Labute approximate surface area is 253 Å². The molecule has 13 N–H and O–H groups in total. The Hall–Kier alpha value is -3.24. The van der Waals surface area contributed by atoms with Crippen molar-refractivity contribution in [2.45, 2.75) is 79.7 Å². The zero-order chi connectivity index (χ0) is 32.9. The third-order valence-corrected chi connectivity index (χ3v) is 7.93. The van der Waals surface area contributed by atoms with E-state index in [0.29, 0.717) is 0 Å². The summed E-state index contributed by atoms with van der Waals surface area (Å²) in [6.07, 6.45) is -22.6. The molecular formula is C27H34O18. The molecule has 13 unspecified atom stereocenters. The smallest absolute Gasteiger partial charge is 0.200 e. The van der Waals surface area contributed by atoms with Gasteiger partial charge in [-0.05, 0) is 12.1 Å². The van der Waals surface area contributed by atoms with Gasteiger partial charge in [-0.3, -0.25) is 0 Å². The molecule has 3 aliphatic heterocycles. The molecule has 45 heavy (non-hydrogen) atoms. The van der Waals surface area contributed by atoms with Gasteiger partial charge in [0.25, 0.3) is 0 Å². The lowest BCUT2D eigenvalue weighted by atomic mass is 9.90. The Bertz CT molecular complexity index is 1330. The summed E-state index contributed by atoms with van der Waals surface area (Å²) in [5.74, 6) is -3.72. The molecule has 2 aromatic carbocycles. The molecule has 0 aliphatic carbocycles. The SMILES string of the molecule is OCC1OC(OC2C(CO)OC(OC3c4c(O)cc(O)cc4OC(c4cc(O)c(O)c(O)c4)C3O)C(O)C2O)C(O)C(O)C1O. The predicted molar refractivity (Wildman–Crippen MR) is 141 cm³/mol. The Kier molecular flexibility index (Phi) is 9.48. The second-order valence-electron chi connectivity index (χ2n) is 10.9. The van der Waals surface area contributed by atoms with Crippen LogP contribution in [0.2, 0.25) is 0 Å². The van der Waals surface area contributed by atoms with Crippen molar-refractivity contribution in [1.82, 2.24) is 0 Å². The predicted octanol–water partition coefficient (Wildman–Crippen LogP) is -3.61. The summed E-state index contributed by atoms with van der Waals surface area (Å²) >= 11 is 0. The van der Waals surface area contributed by atoms with E-state index in [0.717, 1.165) is 24.3 Å². The van der Waals surface area contributed by atoms with Crippen molar-refractivity contribution in [1.29, 1.82) is 0 Å². The van der Waals surface area contributed by atoms with E-state index >= 15 is 0 Å². The van der Waals surface area contributed by atoms with Crippen LogP contribution in [0, 0.1) is 0 Å². The molecule has 0 bridgehead atoms. The molecule has 0 radical (unpaired) electrons. The number of phenols is 5. The van der Waals surface area contributed by atoms with Crippen LogP contribution in [-0.2, 0) is 18.9 Å². The van der Waals surface area contributed by atoms with Crippen molar-refractivity contribution in [3.63, 3.8) is 0 Å². The van der Waals surface area contributed by atoms with Gasteiger partial charge in [-0.15, -0.1) is 0 Å². The van der Waals surface area contributed by atoms with Crippen LogP contribution in [0.4, 0.5) is 0 Å². The van der Waals surface area contributed by atoms with Crippen LogP contribution in [0.25, 0.3) is 0 Å². The van der Waals surface area contributed by atoms with Gasteiger partial charge in [0, 0.05) is 17.7 Å². The summed E-state index contributed by atoms with van der Waals surface area (Å²) in [6, 6.07) is 3.88. The molecule has 2 saturated heterocycles. The monoisotopic (exact) mass is 646 g/mol. The lowest BCUT2D eigenvalue weighted by Gasteiger charge is -2.47. The molecule has 2 aromatic rings. The maximum Gasteiger partial charge on any atom is 0.200 e. The van der Waals surface area contributed by atoms with Gasteiger partial charge in [-0.25, -0.2) is 0 Å². The van der Waals surface area contributed by atoms with Crippen molar-refractivity contribution in [3.05, 3.63) is 35.4 Å². The molecular weight excluding hydrogens is 612 g/mol. The van der Waals surface area contributed by atoms with Crippen LogP contribution < -0.4 is 4.74 Å².